The van der Waals surface area contributed by atoms with Crippen molar-refractivity contribution in [3.8, 4) is 0 Å². The molecular weight excluding hydrogens is 245 g/mol. The number of unbranched alkanes of at least 4 members (excludes halogenated alkanes) is 1. The Morgan fingerprint density at radius 2 is 1.30 bits per heavy atom. The summed E-state index contributed by atoms with van der Waals surface area (Å²) in [5.74, 6) is 0. The van der Waals surface area contributed by atoms with Gasteiger partial charge in [0.1, 0.15) is 0 Å². The Hall–Kier alpha value is 2.47. The van der Waals surface area contributed by atoms with Gasteiger partial charge in [-0.25, -0.2) is 0 Å². The van der Waals surface area contributed by atoms with Crippen LogP contribution in [0, 0.1) is 0 Å². The Morgan fingerprint density at radius 3 is 1.30 bits per heavy atom. The zero-order valence-corrected chi connectivity index (χ0v) is 9.72. The molecule has 0 radical (unpaired) electrons. The fourth-order valence-corrected chi connectivity index (χ4v) is 0.729. The Balaban J connectivity index is -0.00000000800. The predicted octanol–water partition coefficient (Wildman–Crippen LogP) is -10.9. The van der Waals surface area contributed by atoms with Gasteiger partial charge in [-0.1, -0.05) is 0 Å². The molecule has 0 fully saturated rings. The van der Waals surface area contributed by atoms with Crippen LogP contribution in [-0.2, 0) is 20.4 Å². The van der Waals surface area contributed by atoms with Crippen LogP contribution in [0.25, 0.3) is 0 Å². The quantitative estimate of drug-likeness (QED) is 0.430. The van der Waals surface area contributed by atoms with Crippen LogP contribution in [-0.4, -0.2) is 18.9 Å². The molecule has 0 nitrogen and oxygen atoms in total. The summed E-state index contributed by atoms with van der Waals surface area (Å²) in [6.07, 6.45) is 2.73. The second kappa shape index (κ2) is 42.0. The van der Waals surface area contributed by atoms with Crippen molar-refractivity contribution in [2.24, 2.45) is 0 Å². The van der Waals surface area contributed by atoms with Crippen molar-refractivity contribution in [2.45, 2.75) is 24.5 Å². The van der Waals surface area contributed by atoms with Crippen LogP contribution in [0.1, 0.15) is 19.8 Å². The Morgan fingerprint density at radius 1 is 1.00 bits per heavy atom. The molecule has 0 aromatic heterocycles. The van der Waals surface area contributed by atoms with Gasteiger partial charge >= 0.3 is 63.8 Å². The van der Waals surface area contributed by atoms with E-state index in [1.807, 2.05) is 0 Å². The molecular formula is C4H10Cl4LiTi. The third kappa shape index (κ3) is 47.0. The molecule has 0 aliphatic heterocycles. The van der Waals surface area contributed by atoms with Gasteiger partial charge in [-0.3, -0.25) is 0 Å². The van der Waals surface area contributed by atoms with E-state index < -0.39 is 0 Å². The molecule has 0 bridgehead atoms. The van der Waals surface area contributed by atoms with Gasteiger partial charge in [-0.05, 0) is 0 Å². The van der Waals surface area contributed by atoms with Gasteiger partial charge < -0.3 is 49.6 Å². The van der Waals surface area contributed by atoms with Crippen LogP contribution in [0.5, 0.6) is 0 Å². The Kier molecular flexibility index (Phi) is 165. The summed E-state index contributed by atoms with van der Waals surface area (Å²) in [5.41, 5.74) is 0. The van der Waals surface area contributed by atoms with Gasteiger partial charge in [0.25, 0.3) is 0 Å². The first kappa shape index (κ1) is 39.2. The fraction of sp³-hybridized carbons (Fsp3) is 1.00. The summed E-state index contributed by atoms with van der Waals surface area (Å²) in [6, 6.07) is 0. The van der Waals surface area contributed by atoms with Crippen molar-refractivity contribution in [1.82, 2.24) is 0 Å². The van der Waals surface area contributed by atoms with E-state index in [1.54, 1.807) is 0 Å². The fourth-order valence-electron chi connectivity index (χ4n) is 0.177. The van der Waals surface area contributed by atoms with E-state index in [9.17, 15) is 0 Å². The van der Waals surface area contributed by atoms with Crippen molar-refractivity contribution in [3.05, 3.63) is 0 Å². The molecule has 0 saturated heterocycles. The zero-order valence-electron chi connectivity index (χ0n) is 5.13. The monoisotopic (exact) mass is 253 g/mol. The molecule has 0 aromatic carbocycles. The maximum atomic E-state index is 2.21. The molecule has 0 aliphatic rings. The third-order valence-corrected chi connectivity index (χ3v) is 1.08. The SMILES string of the molecule is CCC[CH2][Ti+4].[Cl-].[Cl-].[Cl-].[Cl-].[LiH]. The normalized spacial score (nSPS) is 4.30. The van der Waals surface area contributed by atoms with Crippen molar-refractivity contribution in [2.75, 3.05) is 0 Å². The zero-order chi connectivity index (χ0) is 4.12. The van der Waals surface area contributed by atoms with E-state index in [1.165, 1.54) is 17.6 Å². The molecule has 0 N–H and O–H groups in total. The molecule has 0 saturated carbocycles. The number of halogens is 4. The van der Waals surface area contributed by atoms with E-state index in [4.69, 9.17) is 0 Å². The van der Waals surface area contributed by atoms with E-state index >= 15 is 0 Å². The van der Waals surface area contributed by atoms with E-state index in [-0.39, 0.29) is 68.5 Å². The van der Waals surface area contributed by atoms with Gasteiger partial charge in [-0.15, -0.1) is 0 Å². The van der Waals surface area contributed by atoms with Gasteiger partial charge in [0, 0.05) is 0 Å². The van der Waals surface area contributed by atoms with Crippen LogP contribution in [0.2, 0.25) is 4.73 Å². The van der Waals surface area contributed by atoms with Crippen LogP contribution in [0.4, 0.5) is 0 Å². The summed E-state index contributed by atoms with van der Waals surface area (Å²) in [4.78, 5) is 0. The molecule has 0 spiro atoms. The Labute approximate surface area is 112 Å². The molecule has 0 atom stereocenters. The van der Waals surface area contributed by atoms with Crippen LogP contribution < -0.4 is 49.6 Å². The summed E-state index contributed by atoms with van der Waals surface area (Å²) < 4.78 is 1.34. The van der Waals surface area contributed by atoms with Crippen LogP contribution in [0.15, 0.2) is 0 Å². The van der Waals surface area contributed by atoms with Crippen molar-refractivity contribution in [1.29, 1.82) is 0 Å². The molecule has 59 valence electrons. The number of rotatable bonds is 2. The molecule has 6 heteroatoms. The van der Waals surface area contributed by atoms with Crippen molar-refractivity contribution in [3.63, 3.8) is 0 Å². The van der Waals surface area contributed by atoms with Crippen LogP contribution >= 0.6 is 0 Å². The summed E-state index contributed by atoms with van der Waals surface area (Å²) in [5, 5.41) is 0. The Bertz CT molecular complexity index is 24.7. The molecule has 0 heterocycles. The minimum atomic E-state index is 0. The van der Waals surface area contributed by atoms with Gasteiger partial charge in [0.05, 0.1) is 0 Å². The maximum absolute atomic E-state index is 2.21. The molecule has 10 heavy (non-hydrogen) atoms. The van der Waals surface area contributed by atoms with Crippen molar-refractivity contribution >= 4 is 18.9 Å². The predicted molar refractivity (Wildman–Crippen MR) is 26.9 cm³/mol. The molecule has 0 unspecified atom stereocenters. The first-order valence-electron chi connectivity index (χ1n) is 2.06. The molecule has 0 rings (SSSR count). The van der Waals surface area contributed by atoms with E-state index in [0.717, 1.165) is 0 Å². The van der Waals surface area contributed by atoms with Crippen LogP contribution in [0.3, 0.4) is 0 Å². The average Bonchev–Trinajstić information content (AvgIpc) is 1.41. The average molecular weight is 255 g/mol. The molecule has 0 aliphatic carbocycles. The third-order valence-electron chi connectivity index (χ3n) is 0.530. The summed E-state index contributed by atoms with van der Waals surface area (Å²) >= 11 is 2.21. The summed E-state index contributed by atoms with van der Waals surface area (Å²) in [6.45, 7) is 2.21. The number of hydrogen-bond donors (Lipinski definition) is 0. The van der Waals surface area contributed by atoms with E-state index in [2.05, 4.69) is 27.4 Å². The first-order chi connectivity index (χ1) is 2.41. The number of hydrogen-bond acceptors (Lipinski definition) is 0. The molecule has 0 amide bonds. The second-order valence-electron chi connectivity index (χ2n) is 1.10. The topological polar surface area (TPSA) is 0 Å². The van der Waals surface area contributed by atoms with Gasteiger partial charge in [0.15, 0.2) is 0 Å². The van der Waals surface area contributed by atoms with E-state index in [0.29, 0.717) is 0 Å². The summed E-state index contributed by atoms with van der Waals surface area (Å²) in [7, 11) is 0. The van der Waals surface area contributed by atoms with Gasteiger partial charge in [0.2, 0.25) is 0 Å². The second-order valence-corrected chi connectivity index (χ2v) is 1.88. The minimum absolute atomic E-state index is 0. The van der Waals surface area contributed by atoms with Crippen molar-refractivity contribution < 1.29 is 70.1 Å². The van der Waals surface area contributed by atoms with Gasteiger partial charge in [-0.2, -0.15) is 0 Å². The first-order valence-corrected chi connectivity index (χ1v) is 3.16. The molecule has 0 aromatic rings. The standard InChI is InChI=1S/C4H9.4ClH.Li.Ti.H/c1-3-4-2;;;;;;;/h1,3-4H2,2H3;4*1H;;;/q;;;;;;+4;/p-4.